The predicted octanol–water partition coefficient (Wildman–Crippen LogP) is 3.24. The lowest BCUT2D eigenvalue weighted by molar-refractivity contribution is -0.274. The Kier molecular flexibility index (Phi) is 8.41. The lowest BCUT2D eigenvalue weighted by atomic mass is 10.1. The van der Waals surface area contributed by atoms with Gasteiger partial charge in [-0.2, -0.15) is 0 Å². The molecule has 8 heteroatoms. The van der Waals surface area contributed by atoms with Crippen molar-refractivity contribution in [2.45, 2.75) is 25.2 Å². The number of nitrogens with one attached hydrogen (secondary N) is 1. The summed E-state index contributed by atoms with van der Waals surface area (Å²) in [6.07, 6.45) is -4.16. The number of halogens is 4. The Balaban J connectivity index is 0.00000338. The molecular weight excluding hydrogens is 369 g/mol. The number of para-hydroxylation sites is 1. The normalized spacial score (nSPS) is 12.0. The van der Waals surface area contributed by atoms with Crippen LogP contribution in [0.3, 0.4) is 0 Å². The fourth-order valence-corrected chi connectivity index (χ4v) is 2.35. The monoisotopic (exact) mass is 388 g/mol. The Hall–Kier alpha value is -2.25. The highest BCUT2D eigenvalue weighted by Crippen LogP contribution is 2.26. The first kappa shape index (κ1) is 21.8. The van der Waals surface area contributed by atoms with Crippen LogP contribution in [0.4, 0.5) is 13.2 Å². The van der Waals surface area contributed by atoms with Gasteiger partial charge in [-0.3, -0.25) is 4.79 Å². The third kappa shape index (κ3) is 7.33. The van der Waals surface area contributed by atoms with Crippen LogP contribution in [0.5, 0.6) is 5.75 Å². The molecule has 0 bridgehead atoms. The van der Waals surface area contributed by atoms with Gasteiger partial charge in [0.2, 0.25) is 5.91 Å². The summed E-state index contributed by atoms with van der Waals surface area (Å²) in [7, 11) is 0. The van der Waals surface area contributed by atoms with Gasteiger partial charge in [0.25, 0.3) is 0 Å². The van der Waals surface area contributed by atoms with E-state index in [9.17, 15) is 18.0 Å². The molecule has 3 N–H and O–H groups in total. The van der Waals surface area contributed by atoms with E-state index >= 15 is 0 Å². The minimum absolute atomic E-state index is 0. The number of carbonyl (C=O) groups is 1. The van der Waals surface area contributed by atoms with Gasteiger partial charge in [-0.05, 0) is 30.0 Å². The van der Waals surface area contributed by atoms with E-state index in [2.05, 4.69) is 10.1 Å². The molecule has 4 nitrogen and oxygen atoms in total. The third-order valence-electron chi connectivity index (χ3n) is 3.53. The van der Waals surface area contributed by atoms with Crippen LogP contribution in [-0.4, -0.2) is 24.9 Å². The van der Waals surface area contributed by atoms with Gasteiger partial charge in [-0.15, -0.1) is 25.6 Å². The minimum Gasteiger partial charge on any atom is -0.406 e. The van der Waals surface area contributed by atoms with Gasteiger partial charge >= 0.3 is 6.36 Å². The number of hydrogen-bond acceptors (Lipinski definition) is 3. The summed E-state index contributed by atoms with van der Waals surface area (Å²) in [6.45, 7) is 0.166. The zero-order valence-electron chi connectivity index (χ0n) is 13.8. The number of carbonyl (C=O) groups excluding carboxylic acids is 1. The summed E-state index contributed by atoms with van der Waals surface area (Å²) in [5.74, 6) is -0.615. The number of alkyl halides is 3. The van der Waals surface area contributed by atoms with Crippen molar-refractivity contribution in [1.82, 2.24) is 5.32 Å². The van der Waals surface area contributed by atoms with Crippen molar-refractivity contribution >= 4 is 18.3 Å². The maximum atomic E-state index is 12.4. The summed E-state index contributed by atoms with van der Waals surface area (Å²) < 4.78 is 41.1. The number of amides is 1. The average Bonchev–Trinajstić information content (AvgIpc) is 2.56. The third-order valence-corrected chi connectivity index (χ3v) is 3.53. The summed E-state index contributed by atoms with van der Waals surface area (Å²) >= 11 is 0. The minimum atomic E-state index is -4.75. The summed E-state index contributed by atoms with van der Waals surface area (Å²) in [4.78, 5) is 12.0. The van der Waals surface area contributed by atoms with Crippen LogP contribution in [0.25, 0.3) is 0 Å². The number of ether oxygens (including phenoxy) is 1. The highest BCUT2D eigenvalue weighted by atomic mass is 35.5. The molecule has 0 spiro atoms. The summed E-state index contributed by atoms with van der Waals surface area (Å²) in [5, 5.41) is 2.64. The van der Waals surface area contributed by atoms with Crippen molar-refractivity contribution in [3.8, 4) is 5.75 Å². The van der Waals surface area contributed by atoms with Crippen LogP contribution < -0.4 is 15.8 Å². The van der Waals surface area contributed by atoms with Gasteiger partial charge in [0.05, 0.1) is 6.04 Å². The van der Waals surface area contributed by atoms with E-state index < -0.39 is 12.4 Å². The Morgan fingerprint density at radius 1 is 1.08 bits per heavy atom. The molecule has 0 saturated heterocycles. The quantitative estimate of drug-likeness (QED) is 0.765. The first-order valence-electron chi connectivity index (χ1n) is 7.76. The average molecular weight is 389 g/mol. The van der Waals surface area contributed by atoms with E-state index in [0.717, 1.165) is 5.56 Å². The van der Waals surface area contributed by atoms with Gasteiger partial charge in [0, 0.05) is 6.54 Å². The second-order valence-corrected chi connectivity index (χ2v) is 5.49. The topological polar surface area (TPSA) is 64.4 Å². The summed E-state index contributed by atoms with van der Waals surface area (Å²) in [6, 6.07) is 14.5. The van der Waals surface area contributed by atoms with E-state index in [4.69, 9.17) is 5.73 Å². The molecule has 0 unspecified atom stereocenters. The van der Waals surface area contributed by atoms with Gasteiger partial charge in [-0.25, -0.2) is 0 Å². The second kappa shape index (κ2) is 10.0. The molecule has 0 heterocycles. The molecule has 0 radical (unpaired) electrons. The molecule has 0 aliphatic heterocycles. The van der Waals surface area contributed by atoms with Gasteiger partial charge in [0.1, 0.15) is 5.75 Å². The van der Waals surface area contributed by atoms with Crippen molar-refractivity contribution in [3.63, 3.8) is 0 Å². The molecule has 0 saturated carbocycles. The molecule has 0 aliphatic carbocycles. The molecule has 142 valence electrons. The molecule has 1 atom stereocenters. The zero-order valence-corrected chi connectivity index (χ0v) is 14.6. The van der Waals surface area contributed by atoms with Crippen LogP contribution in [0.2, 0.25) is 0 Å². The SMILES string of the molecule is Cl.N[C@@H](Cc1ccccc1)C(=O)NCCc1ccccc1OC(F)(F)F. The highest BCUT2D eigenvalue weighted by Gasteiger charge is 2.31. The zero-order chi connectivity index (χ0) is 18.3. The molecule has 0 aromatic heterocycles. The fourth-order valence-electron chi connectivity index (χ4n) is 2.35. The second-order valence-electron chi connectivity index (χ2n) is 5.49. The maximum absolute atomic E-state index is 12.4. The van der Waals surface area contributed by atoms with Crippen molar-refractivity contribution < 1.29 is 22.7 Å². The molecule has 2 aromatic rings. The lowest BCUT2D eigenvalue weighted by Gasteiger charge is -2.15. The van der Waals surface area contributed by atoms with Crippen LogP contribution >= 0.6 is 12.4 Å². The number of benzene rings is 2. The van der Waals surface area contributed by atoms with E-state index in [-0.39, 0.29) is 37.0 Å². The largest absolute Gasteiger partial charge is 0.573 e. The van der Waals surface area contributed by atoms with Crippen LogP contribution in [0, 0.1) is 0 Å². The predicted molar refractivity (Wildman–Crippen MR) is 95.2 cm³/mol. The first-order chi connectivity index (χ1) is 11.8. The molecule has 0 aliphatic rings. The van der Waals surface area contributed by atoms with Crippen LogP contribution in [0.15, 0.2) is 54.6 Å². The Morgan fingerprint density at radius 2 is 1.69 bits per heavy atom. The van der Waals surface area contributed by atoms with Crippen LogP contribution in [-0.2, 0) is 17.6 Å². The number of hydrogen-bond donors (Lipinski definition) is 2. The van der Waals surface area contributed by atoms with E-state index in [1.165, 1.54) is 18.2 Å². The van der Waals surface area contributed by atoms with Crippen molar-refractivity contribution in [2.75, 3.05) is 6.54 Å². The van der Waals surface area contributed by atoms with Gasteiger partial charge in [-0.1, -0.05) is 48.5 Å². The molecule has 2 aromatic carbocycles. The molecule has 26 heavy (non-hydrogen) atoms. The number of rotatable bonds is 7. The first-order valence-corrected chi connectivity index (χ1v) is 7.76. The Morgan fingerprint density at radius 3 is 2.35 bits per heavy atom. The summed E-state index contributed by atoms with van der Waals surface area (Å²) in [5.41, 5.74) is 7.15. The fraction of sp³-hybridized carbons (Fsp3) is 0.278. The van der Waals surface area contributed by atoms with Crippen LogP contribution in [0.1, 0.15) is 11.1 Å². The Labute approximate surface area is 155 Å². The van der Waals surface area contributed by atoms with E-state index in [0.29, 0.717) is 12.0 Å². The van der Waals surface area contributed by atoms with E-state index in [1.807, 2.05) is 30.3 Å². The van der Waals surface area contributed by atoms with Gasteiger partial charge in [0.15, 0.2) is 0 Å². The maximum Gasteiger partial charge on any atom is 0.573 e. The van der Waals surface area contributed by atoms with Gasteiger partial charge < -0.3 is 15.8 Å². The Bertz CT molecular complexity index is 696. The lowest BCUT2D eigenvalue weighted by Crippen LogP contribution is -2.42. The molecule has 0 fully saturated rings. The standard InChI is InChI=1S/C18H19F3N2O2.ClH/c19-18(20,21)25-16-9-5-4-8-14(16)10-11-23-17(24)15(22)12-13-6-2-1-3-7-13;/h1-9,15H,10-12,22H2,(H,23,24);1H/t15-;/m0./s1. The highest BCUT2D eigenvalue weighted by molar-refractivity contribution is 5.85. The van der Waals surface area contributed by atoms with Crippen molar-refractivity contribution in [1.29, 1.82) is 0 Å². The van der Waals surface area contributed by atoms with Crippen molar-refractivity contribution in [3.05, 3.63) is 65.7 Å². The smallest absolute Gasteiger partial charge is 0.406 e. The molecular formula is C18H20ClF3N2O2. The van der Waals surface area contributed by atoms with E-state index in [1.54, 1.807) is 6.07 Å². The molecule has 2 rings (SSSR count). The van der Waals surface area contributed by atoms with Crippen molar-refractivity contribution in [2.24, 2.45) is 5.73 Å². The number of nitrogens with two attached hydrogens (primary N) is 1. The molecule has 1 amide bonds.